The Labute approximate surface area is 108 Å². The molecular formula is C13H19NO3S. The third kappa shape index (κ3) is 3.10. The molecule has 0 radical (unpaired) electrons. The normalized spacial score (nSPS) is 26.6. The molecule has 4 nitrogen and oxygen atoms in total. The Morgan fingerprint density at radius 1 is 1.28 bits per heavy atom. The fourth-order valence-corrected chi connectivity index (χ4v) is 4.27. The summed E-state index contributed by atoms with van der Waals surface area (Å²) in [6.45, 7) is 3.39. The third-order valence-corrected chi connectivity index (χ3v) is 5.10. The lowest BCUT2D eigenvalue weighted by Gasteiger charge is -2.28. The Kier molecular flexibility index (Phi) is 4.04. The van der Waals surface area contributed by atoms with Crippen molar-refractivity contribution < 1.29 is 13.5 Å². The molecule has 0 aromatic heterocycles. The van der Waals surface area contributed by atoms with Crippen LogP contribution < -0.4 is 0 Å². The first-order chi connectivity index (χ1) is 8.52. The van der Waals surface area contributed by atoms with Crippen LogP contribution in [0.5, 0.6) is 0 Å². The zero-order valence-electron chi connectivity index (χ0n) is 10.5. The van der Waals surface area contributed by atoms with E-state index < -0.39 is 15.9 Å². The number of hydrogen-bond donors (Lipinski definition) is 1. The molecule has 1 aliphatic rings. The van der Waals surface area contributed by atoms with Gasteiger partial charge >= 0.3 is 0 Å². The molecule has 100 valence electrons. The summed E-state index contributed by atoms with van der Waals surface area (Å²) in [4.78, 5) is 2.03. The van der Waals surface area contributed by atoms with Gasteiger partial charge in [0.15, 0.2) is 9.84 Å². The summed E-state index contributed by atoms with van der Waals surface area (Å²) < 4.78 is 23.1. The van der Waals surface area contributed by atoms with Crippen LogP contribution in [-0.4, -0.2) is 48.6 Å². The van der Waals surface area contributed by atoms with Crippen molar-refractivity contribution in [3.8, 4) is 0 Å². The first-order valence-corrected chi connectivity index (χ1v) is 8.00. The number of likely N-dealkylation sites (N-methyl/N-ethyl adjacent to an activating group) is 1. The molecule has 0 spiro atoms. The second-order valence-electron chi connectivity index (χ2n) is 4.76. The van der Waals surface area contributed by atoms with E-state index in [0.717, 1.165) is 12.1 Å². The number of aliphatic hydroxyl groups is 1. The fourth-order valence-electron chi connectivity index (χ4n) is 2.44. The molecule has 1 fully saturated rings. The van der Waals surface area contributed by atoms with Gasteiger partial charge in [-0.25, -0.2) is 8.42 Å². The minimum absolute atomic E-state index is 0.0643. The molecule has 1 aromatic rings. The van der Waals surface area contributed by atoms with E-state index in [0.29, 0.717) is 6.54 Å². The maximum Gasteiger partial charge on any atom is 0.154 e. The van der Waals surface area contributed by atoms with Crippen molar-refractivity contribution in [1.29, 1.82) is 0 Å². The lowest BCUT2D eigenvalue weighted by atomic mass is 10.1. The van der Waals surface area contributed by atoms with Crippen LogP contribution in [0.1, 0.15) is 12.5 Å². The van der Waals surface area contributed by atoms with Crippen LogP contribution in [0.4, 0.5) is 0 Å². The highest BCUT2D eigenvalue weighted by molar-refractivity contribution is 7.91. The largest absolute Gasteiger partial charge is 0.390 e. The molecule has 2 atom stereocenters. The number of nitrogens with zero attached hydrogens (tertiary/aromatic N) is 1. The quantitative estimate of drug-likeness (QED) is 0.872. The highest BCUT2D eigenvalue weighted by Crippen LogP contribution is 2.20. The molecule has 5 heteroatoms. The minimum Gasteiger partial charge on any atom is -0.390 e. The summed E-state index contributed by atoms with van der Waals surface area (Å²) in [5.74, 6) is -0.0439. The van der Waals surface area contributed by atoms with Crippen molar-refractivity contribution in [3.05, 3.63) is 35.9 Å². The Hall–Kier alpha value is -0.910. The van der Waals surface area contributed by atoms with E-state index in [9.17, 15) is 13.5 Å². The van der Waals surface area contributed by atoms with Crippen molar-refractivity contribution in [2.45, 2.75) is 25.6 Å². The van der Waals surface area contributed by atoms with E-state index in [-0.39, 0.29) is 17.5 Å². The van der Waals surface area contributed by atoms with Crippen LogP contribution in [0.3, 0.4) is 0 Å². The van der Waals surface area contributed by atoms with Crippen LogP contribution in [0.15, 0.2) is 30.3 Å². The van der Waals surface area contributed by atoms with Gasteiger partial charge in [-0.2, -0.15) is 0 Å². The molecule has 1 heterocycles. The summed E-state index contributed by atoms with van der Waals surface area (Å²) in [5, 5.41) is 9.88. The maximum absolute atomic E-state index is 11.5. The Bertz CT molecular complexity index is 486. The van der Waals surface area contributed by atoms with Gasteiger partial charge in [-0.05, 0) is 12.1 Å². The number of benzene rings is 1. The molecule has 1 aliphatic heterocycles. The molecule has 1 aromatic carbocycles. The average Bonchev–Trinajstić information content (AvgIpc) is 2.61. The summed E-state index contributed by atoms with van der Waals surface area (Å²) in [7, 11) is -3.08. The van der Waals surface area contributed by atoms with E-state index in [2.05, 4.69) is 0 Å². The van der Waals surface area contributed by atoms with Crippen molar-refractivity contribution in [2.24, 2.45) is 0 Å². The first-order valence-electron chi connectivity index (χ1n) is 6.18. The first kappa shape index (κ1) is 13.5. The van der Waals surface area contributed by atoms with Gasteiger partial charge in [-0.3, -0.25) is 4.90 Å². The molecule has 0 bridgehead atoms. The van der Waals surface area contributed by atoms with Crippen molar-refractivity contribution >= 4 is 9.84 Å². The van der Waals surface area contributed by atoms with E-state index in [4.69, 9.17) is 0 Å². The van der Waals surface area contributed by atoms with Crippen LogP contribution in [0, 0.1) is 0 Å². The number of sulfone groups is 1. The number of hydrogen-bond acceptors (Lipinski definition) is 4. The molecule has 2 rings (SSSR count). The van der Waals surface area contributed by atoms with Gasteiger partial charge in [0.1, 0.15) is 0 Å². The zero-order valence-corrected chi connectivity index (χ0v) is 11.3. The molecule has 2 unspecified atom stereocenters. The summed E-state index contributed by atoms with van der Waals surface area (Å²) in [6.07, 6.45) is -0.765. The topological polar surface area (TPSA) is 57.6 Å². The highest BCUT2D eigenvalue weighted by atomic mass is 32.2. The molecule has 0 saturated carbocycles. The van der Waals surface area contributed by atoms with Gasteiger partial charge in [-0.15, -0.1) is 0 Å². The lowest BCUT2D eigenvalue weighted by molar-refractivity contribution is 0.0819. The van der Waals surface area contributed by atoms with Gasteiger partial charge in [0.05, 0.1) is 23.7 Å². The average molecular weight is 269 g/mol. The molecule has 1 N–H and O–H groups in total. The third-order valence-electron chi connectivity index (χ3n) is 3.40. The summed E-state index contributed by atoms with van der Waals surface area (Å²) in [5.41, 5.74) is 1.14. The summed E-state index contributed by atoms with van der Waals surface area (Å²) >= 11 is 0. The van der Waals surface area contributed by atoms with Crippen LogP contribution in [-0.2, 0) is 16.4 Å². The molecule has 18 heavy (non-hydrogen) atoms. The van der Waals surface area contributed by atoms with E-state index >= 15 is 0 Å². The molecular weight excluding hydrogens is 250 g/mol. The van der Waals surface area contributed by atoms with Gasteiger partial charge in [0.25, 0.3) is 0 Å². The summed E-state index contributed by atoms with van der Waals surface area (Å²) in [6, 6.07) is 9.63. The number of aliphatic hydroxyl groups excluding tert-OH is 1. The van der Waals surface area contributed by atoms with Crippen LogP contribution in [0.25, 0.3) is 0 Å². The molecule has 0 aliphatic carbocycles. The van der Waals surface area contributed by atoms with E-state index in [1.807, 2.05) is 42.2 Å². The molecule has 0 amide bonds. The van der Waals surface area contributed by atoms with Crippen molar-refractivity contribution in [3.63, 3.8) is 0 Å². The smallest absolute Gasteiger partial charge is 0.154 e. The Morgan fingerprint density at radius 3 is 2.44 bits per heavy atom. The fraction of sp³-hybridized carbons (Fsp3) is 0.538. The molecule has 1 saturated heterocycles. The Balaban J connectivity index is 2.10. The van der Waals surface area contributed by atoms with Gasteiger partial charge in [0, 0.05) is 6.54 Å². The lowest BCUT2D eigenvalue weighted by Crippen LogP contribution is -2.42. The monoisotopic (exact) mass is 269 g/mol. The van der Waals surface area contributed by atoms with Crippen molar-refractivity contribution in [1.82, 2.24) is 4.90 Å². The van der Waals surface area contributed by atoms with E-state index in [1.54, 1.807) is 0 Å². The van der Waals surface area contributed by atoms with Gasteiger partial charge in [0.2, 0.25) is 0 Å². The predicted octanol–water partition coefficient (Wildman–Crippen LogP) is 0.666. The van der Waals surface area contributed by atoms with Gasteiger partial charge < -0.3 is 5.11 Å². The van der Waals surface area contributed by atoms with Crippen LogP contribution >= 0.6 is 0 Å². The highest BCUT2D eigenvalue weighted by Gasteiger charge is 2.39. The van der Waals surface area contributed by atoms with Gasteiger partial charge in [-0.1, -0.05) is 37.3 Å². The second kappa shape index (κ2) is 5.38. The zero-order chi connectivity index (χ0) is 13.2. The standard InChI is InChI=1S/C13H19NO3S/c1-2-14(8-11-6-4-3-5-7-11)12-9-18(16,17)10-13(12)15/h3-7,12-13,15H,2,8-10H2,1H3. The SMILES string of the molecule is CCN(Cc1ccccc1)C1CS(=O)(=O)CC1O. The van der Waals surface area contributed by atoms with Crippen molar-refractivity contribution in [2.75, 3.05) is 18.1 Å². The van der Waals surface area contributed by atoms with E-state index in [1.165, 1.54) is 0 Å². The Morgan fingerprint density at radius 2 is 1.94 bits per heavy atom. The second-order valence-corrected chi connectivity index (χ2v) is 6.91. The predicted molar refractivity (Wildman–Crippen MR) is 71.0 cm³/mol. The minimum atomic E-state index is -3.08. The van der Waals surface area contributed by atoms with Crippen LogP contribution in [0.2, 0.25) is 0 Å². The maximum atomic E-state index is 11.5. The number of rotatable bonds is 4.